The summed E-state index contributed by atoms with van der Waals surface area (Å²) in [6.45, 7) is 6.77. The van der Waals surface area contributed by atoms with Crippen molar-refractivity contribution in [3.63, 3.8) is 0 Å². The van der Waals surface area contributed by atoms with Crippen molar-refractivity contribution in [1.29, 1.82) is 0 Å². The van der Waals surface area contributed by atoms with Gasteiger partial charge in [0.1, 0.15) is 5.75 Å². The summed E-state index contributed by atoms with van der Waals surface area (Å²) in [5.41, 5.74) is 2.13. The fourth-order valence-electron chi connectivity index (χ4n) is 3.23. The zero-order chi connectivity index (χ0) is 20.1. The highest BCUT2D eigenvalue weighted by Gasteiger charge is 2.21. The SMILES string of the molecule is CCOc1ccc(C(=O)Nc2ccccc2N2CCN(C(C)=O)CC2)cc1Cl. The van der Waals surface area contributed by atoms with Crippen molar-refractivity contribution in [3.05, 3.63) is 53.1 Å². The van der Waals surface area contributed by atoms with Crippen molar-refractivity contribution < 1.29 is 14.3 Å². The molecule has 0 unspecified atom stereocenters. The zero-order valence-electron chi connectivity index (χ0n) is 16.1. The van der Waals surface area contributed by atoms with Crippen LogP contribution in [0.25, 0.3) is 0 Å². The Morgan fingerprint density at radius 2 is 1.82 bits per heavy atom. The Hall–Kier alpha value is -2.73. The number of amides is 2. The molecule has 3 rings (SSSR count). The molecule has 1 heterocycles. The Labute approximate surface area is 170 Å². The van der Waals surface area contributed by atoms with E-state index in [9.17, 15) is 9.59 Å². The highest BCUT2D eigenvalue weighted by Crippen LogP contribution is 2.29. The molecule has 0 spiro atoms. The molecule has 2 amide bonds. The number of anilines is 2. The van der Waals surface area contributed by atoms with Crippen LogP contribution < -0.4 is 15.0 Å². The van der Waals surface area contributed by atoms with Gasteiger partial charge in [-0.1, -0.05) is 23.7 Å². The van der Waals surface area contributed by atoms with Gasteiger partial charge in [0.2, 0.25) is 5.91 Å². The van der Waals surface area contributed by atoms with Gasteiger partial charge in [-0.25, -0.2) is 0 Å². The molecule has 0 saturated carbocycles. The molecule has 0 aromatic heterocycles. The number of rotatable bonds is 5. The number of halogens is 1. The van der Waals surface area contributed by atoms with Gasteiger partial charge in [-0.2, -0.15) is 0 Å². The second-order valence-corrected chi connectivity index (χ2v) is 6.95. The van der Waals surface area contributed by atoms with Crippen LogP contribution in [0, 0.1) is 0 Å². The highest BCUT2D eigenvalue weighted by atomic mass is 35.5. The first-order valence-corrected chi connectivity index (χ1v) is 9.70. The van der Waals surface area contributed by atoms with Crippen molar-refractivity contribution in [2.24, 2.45) is 0 Å². The van der Waals surface area contributed by atoms with Gasteiger partial charge in [0.15, 0.2) is 0 Å². The summed E-state index contributed by atoms with van der Waals surface area (Å²) in [5, 5.41) is 3.38. The Bertz CT molecular complexity index is 864. The van der Waals surface area contributed by atoms with E-state index < -0.39 is 0 Å². The number of benzene rings is 2. The second kappa shape index (κ2) is 8.97. The van der Waals surface area contributed by atoms with Crippen LogP contribution in [0.15, 0.2) is 42.5 Å². The van der Waals surface area contributed by atoms with E-state index in [1.165, 1.54) is 0 Å². The summed E-state index contributed by atoms with van der Waals surface area (Å²) in [6.07, 6.45) is 0. The number of nitrogens with one attached hydrogen (secondary N) is 1. The maximum Gasteiger partial charge on any atom is 0.255 e. The lowest BCUT2D eigenvalue weighted by molar-refractivity contribution is -0.129. The standard InChI is InChI=1S/C21H24ClN3O3/c1-3-28-20-9-8-16(14-17(20)22)21(27)23-18-6-4-5-7-19(18)25-12-10-24(11-13-25)15(2)26/h4-9,14H,3,10-13H2,1-2H3,(H,23,27). The van der Waals surface area contributed by atoms with Crippen LogP contribution in [0.5, 0.6) is 5.75 Å². The highest BCUT2D eigenvalue weighted by molar-refractivity contribution is 6.32. The number of carbonyl (C=O) groups excluding carboxylic acids is 2. The average molecular weight is 402 g/mol. The van der Waals surface area contributed by atoms with Gasteiger partial charge >= 0.3 is 0 Å². The lowest BCUT2D eigenvalue weighted by Crippen LogP contribution is -2.48. The van der Waals surface area contributed by atoms with E-state index in [1.54, 1.807) is 25.1 Å². The topological polar surface area (TPSA) is 61.9 Å². The molecule has 6 nitrogen and oxygen atoms in total. The van der Waals surface area contributed by atoms with E-state index in [1.807, 2.05) is 36.1 Å². The van der Waals surface area contributed by atoms with E-state index >= 15 is 0 Å². The molecule has 28 heavy (non-hydrogen) atoms. The molecule has 2 aromatic rings. The van der Waals surface area contributed by atoms with Crippen molar-refractivity contribution in [3.8, 4) is 5.75 Å². The molecule has 2 aromatic carbocycles. The molecule has 0 bridgehead atoms. The smallest absolute Gasteiger partial charge is 0.255 e. The first-order chi connectivity index (χ1) is 13.5. The van der Waals surface area contributed by atoms with Crippen LogP contribution in [0.3, 0.4) is 0 Å². The Balaban J connectivity index is 1.74. The van der Waals surface area contributed by atoms with E-state index in [0.717, 1.165) is 24.5 Å². The Morgan fingerprint density at radius 1 is 1.11 bits per heavy atom. The number of hydrogen-bond acceptors (Lipinski definition) is 4. The molecule has 1 fully saturated rings. The molecule has 0 radical (unpaired) electrons. The predicted octanol–water partition coefficient (Wildman–Crippen LogP) is 3.66. The largest absolute Gasteiger partial charge is 0.492 e. The van der Waals surface area contributed by atoms with Crippen molar-refractivity contribution in [1.82, 2.24) is 4.90 Å². The van der Waals surface area contributed by atoms with Gasteiger partial charge in [-0.15, -0.1) is 0 Å². The van der Waals surface area contributed by atoms with E-state index in [0.29, 0.717) is 36.0 Å². The third kappa shape index (κ3) is 4.57. The van der Waals surface area contributed by atoms with Gasteiger partial charge in [0.05, 0.1) is 23.0 Å². The summed E-state index contributed by atoms with van der Waals surface area (Å²) in [5.74, 6) is 0.415. The molecular weight excluding hydrogens is 378 g/mol. The van der Waals surface area contributed by atoms with Crippen molar-refractivity contribution in [2.45, 2.75) is 13.8 Å². The van der Waals surface area contributed by atoms with E-state index in [4.69, 9.17) is 16.3 Å². The maximum absolute atomic E-state index is 12.7. The van der Waals surface area contributed by atoms with Crippen LogP contribution in [0.1, 0.15) is 24.2 Å². The Morgan fingerprint density at radius 3 is 2.46 bits per heavy atom. The zero-order valence-corrected chi connectivity index (χ0v) is 16.8. The fourth-order valence-corrected chi connectivity index (χ4v) is 3.46. The Kier molecular flexibility index (Phi) is 6.41. The van der Waals surface area contributed by atoms with E-state index in [-0.39, 0.29) is 11.8 Å². The van der Waals surface area contributed by atoms with Crippen molar-refractivity contribution >= 4 is 34.8 Å². The number of nitrogens with zero attached hydrogens (tertiary/aromatic N) is 2. The lowest BCUT2D eigenvalue weighted by atomic mass is 10.1. The number of carbonyl (C=O) groups is 2. The minimum atomic E-state index is -0.236. The minimum absolute atomic E-state index is 0.0913. The summed E-state index contributed by atoms with van der Waals surface area (Å²) < 4.78 is 5.42. The number of para-hydroxylation sites is 2. The minimum Gasteiger partial charge on any atom is -0.492 e. The van der Waals surface area contributed by atoms with Crippen LogP contribution in [0.4, 0.5) is 11.4 Å². The molecule has 0 atom stereocenters. The molecule has 1 aliphatic rings. The van der Waals surface area contributed by atoms with Crippen LogP contribution in [0.2, 0.25) is 5.02 Å². The third-order valence-electron chi connectivity index (χ3n) is 4.71. The van der Waals surface area contributed by atoms with Gasteiger partial charge in [0.25, 0.3) is 5.91 Å². The summed E-state index contributed by atoms with van der Waals surface area (Å²) in [7, 11) is 0. The first-order valence-electron chi connectivity index (χ1n) is 9.32. The van der Waals surface area contributed by atoms with Gasteiger partial charge in [-0.3, -0.25) is 9.59 Å². The first kappa shape index (κ1) is 20.0. The quantitative estimate of drug-likeness (QED) is 0.830. The summed E-state index contributed by atoms with van der Waals surface area (Å²) >= 11 is 6.20. The molecular formula is C21H24ClN3O3. The van der Waals surface area contributed by atoms with Crippen LogP contribution in [-0.4, -0.2) is 49.5 Å². The van der Waals surface area contributed by atoms with Crippen LogP contribution in [-0.2, 0) is 4.79 Å². The van der Waals surface area contributed by atoms with Gasteiger partial charge < -0.3 is 19.9 Å². The summed E-state index contributed by atoms with van der Waals surface area (Å²) in [6, 6.07) is 12.7. The van der Waals surface area contributed by atoms with E-state index in [2.05, 4.69) is 10.2 Å². The van der Waals surface area contributed by atoms with Gasteiger partial charge in [0, 0.05) is 38.7 Å². The molecule has 7 heteroatoms. The molecule has 0 aliphatic carbocycles. The third-order valence-corrected chi connectivity index (χ3v) is 5.01. The molecule has 1 saturated heterocycles. The molecule has 148 valence electrons. The normalized spacial score (nSPS) is 14.0. The molecule has 1 aliphatic heterocycles. The van der Waals surface area contributed by atoms with Crippen molar-refractivity contribution in [2.75, 3.05) is 43.0 Å². The average Bonchev–Trinajstić information content (AvgIpc) is 2.70. The summed E-state index contributed by atoms with van der Waals surface area (Å²) in [4.78, 5) is 28.3. The van der Waals surface area contributed by atoms with Gasteiger partial charge in [-0.05, 0) is 37.3 Å². The number of hydrogen-bond donors (Lipinski definition) is 1. The second-order valence-electron chi connectivity index (χ2n) is 6.54. The fraction of sp³-hybridized carbons (Fsp3) is 0.333. The monoisotopic (exact) mass is 401 g/mol. The predicted molar refractivity (Wildman–Crippen MR) is 111 cm³/mol. The lowest BCUT2D eigenvalue weighted by Gasteiger charge is -2.36. The molecule has 1 N–H and O–H groups in total. The maximum atomic E-state index is 12.7. The number of ether oxygens (including phenoxy) is 1. The van der Waals surface area contributed by atoms with Crippen LogP contribution >= 0.6 is 11.6 Å². The number of piperazine rings is 1.